The lowest BCUT2D eigenvalue weighted by molar-refractivity contribution is -0.386. The number of amides is 2. The fourth-order valence-corrected chi connectivity index (χ4v) is 4.03. The van der Waals surface area contributed by atoms with Gasteiger partial charge in [0.1, 0.15) is 12.0 Å². The summed E-state index contributed by atoms with van der Waals surface area (Å²) in [5, 5.41) is 23.0. The Morgan fingerprint density at radius 3 is 2.79 bits per heavy atom. The van der Waals surface area contributed by atoms with Crippen molar-refractivity contribution in [2.24, 2.45) is 9.98 Å². The van der Waals surface area contributed by atoms with E-state index in [9.17, 15) is 24.5 Å². The number of nitrogens with one attached hydrogen (secondary N) is 1. The number of carbonyl (C=O) groups is 3. The lowest BCUT2D eigenvalue weighted by atomic mass is 10.2. The van der Waals surface area contributed by atoms with E-state index >= 15 is 0 Å². The van der Waals surface area contributed by atoms with Crippen LogP contribution in [0, 0.1) is 10.1 Å². The smallest absolute Gasteiger partial charge is 0.313 e. The van der Waals surface area contributed by atoms with Gasteiger partial charge in [-0.2, -0.15) is 0 Å². The number of nitro benzene ring substituents is 1. The summed E-state index contributed by atoms with van der Waals surface area (Å²) in [5.41, 5.74) is 0.582. The number of nitro groups is 1. The van der Waals surface area contributed by atoms with Gasteiger partial charge in [0.25, 0.3) is 5.69 Å². The predicted octanol–water partition coefficient (Wildman–Crippen LogP) is -0.0575. The highest BCUT2D eigenvalue weighted by Crippen LogP contribution is 2.25. The highest BCUT2D eigenvalue weighted by Gasteiger charge is 2.38. The second-order valence-electron chi connectivity index (χ2n) is 6.46. The Balaban J connectivity index is 1.48. The van der Waals surface area contributed by atoms with E-state index in [1.807, 2.05) is 0 Å². The summed E-state index contributed by atoms with van der Waals surface area (Å²) < 4.78 is 0. The summed E-state index contributed by atoms with van der Waals surface area (Å²) in [6.07, 6.45) is 1.28. The first kappa shape index (κ1) is 20.7. The Kier molecular flexibility index (Phi) is 6.42. The van der Waals surface area contributed by atoms with E-state index in [1.165, 1.54) is 11.0 Å². The number of anilines is 1. The SMILES string of the molecule is O=C(O)CSC1CC(=O)N(CCCCNc2ccc([N+](=O)[O-])c3c2=NCN=3)C1=O. The van der Waals surface area contributed by atoms with Gasteiger partial charge in [-0.15, -0.1) is 11.8 Å². The number of benzene rings is 1. The average molecular weight is 421 g/mol. The number of nitrogens with zero attached hydrogens (tertiary/aromatic N) is 4. The zero-order chi connectivity index (χ0) is 21.0. The Bertz CT molecular complexity index is 981. The Hall–Kier alpha value is -3.02. The van der Waals surface area contributed by atoms with Crippen molar-refractivity contribution in [1.29, 1.82) is 0 Å². The maximum atomic E-state index is 12.2. The normalized spacial score (nSPS) is 17.7. The van der Waals surface area contributed by atoms with Crippen molar-refractivity contribution in [1.82, 2.24) is 4.90 Å². The zero-order valence-corrected chi connectivity index (χ0v) is 16.2. The van der Waals surface area contributed by atoms with Crippen molar-refractivity contribution < 1.29 is 24.4 Å². The highest BCUT2D eigenvalue weighted by molar-refractivity contribution is 8.01. The number of rotatable bonds is 10. The van der Waals surface area contributed by atoms with Crippen LogP contribution in [-0.4, -0.2) is 63.5 Å². The van der Waals surface area contributed by atoms with Gasteiger partial charge in [-0.3, -0.25) is 39.4 Å². The number of imide groups is 1. The molecule has 0 aromatic heterocycles. The number of fused-ring (bicyclic) bond motifs is 1. The van der Waals surface area contributed by atoms with Crippen LogP contribution in [-0.2, 0) is 14.4 Å². The fraction of sp³-hybridized carbons (Fsp3) is 0.471. The summed E-state index contributed by atoms with van der Waals surface area (Å²) >= 11 is 0.972. The molecule has 154 valence electrons. The Morgan fingerprint density at radius 2 is 2.07 bits per heavy atom. The zero-order valence-electron chi connectivity index (χ0n) is 15.4. The van der Waals surface area contributed by atoms with Crippen molar-refractivity contribution in [3.8, 4) is 0 Å². The number of carbonyl (C=O) groups excluding carboxylic acids is 2. The van der Waals surface area contributed by atoms with Crippen molar-refractivity contribution in [2.75, 3.05) is 30.8 Å². The van der Waals surface area contributed by atoms with Crippen LogP contribution in [0.15, 0.2) is 22.1 Å². The van der Waals surface area contributed by atoms with E-state index in [4.69, 9.17) is 5.11 Å². The molecule has 0 radical (unpaired) electrons. The minimum atomic E-state index is -1.02. The van der Waals surface area contributed by atoms with Crippen LogP contribution in [0.5, 0.6) is 0 Å². The molecule has 0 bridgehead atoms. The van der Waals surface area contributed by atoms with Gasteiger partial charge in [-0.1, -0.05) is 0 Å². The van der Waals surface area contributed by atoms with E-state index in [0.717, 1.165) is 11.8 Å². The average Bonchev–Trinajstić information content (AvgIpc) is 3.25. The van der Waals surface area contributed by atoms with Crippen LogP contribution < -0.4 is 16.0 Å². The third-order valence-corrected chi connectivity index (χ3v) is 5.70. The molecular formula is C17H19N5O6S. The lowest BCUT2D eigenvalue weighted by Gasteiger charge is -2.14. The number of non-ortho nitro benzene ring substituents is 1. The summed E-state index contributed by atoms with van der Waals surface area (Å²) in [5.74, 6) is -1.84. The molecule has 1 atom stereocenters. The number of hydrogen-bond donors (Lipinski definition) is 2. The first-order chi connectivity index (χ1) is 13.9. The number of carboxylic acid groups (broad SMARTS) is 1. The number of carboxylic acids is 1. The van der Waals surface area contributed by atoms with Gasteiger partial charge < -0.3 is 10.4 Å². The molecule has 1 fully saturated rings. The van der Waals surface area contributed by atoms with Gasteiger partial charge in [-0.25, -0.2) is 0 Å². The molecule has 0 aliphatic carbocycles. The number of aliphatic carboxylic acids is 1. The van der Waals surface area contributed by atoms with Gasteiger partial charge in [0.2, 0.25) is 11.8 Å². The van der Waals surface area contributed by atoms with Gasteiger partial charge in [0.05, 0.1) is 21.6 Å². The monoisotopic (exact) mass is 421 g/mol. The van der Waals surface area contributed by atoms with Crippen LogP contribution in [0.2, 0.25) is 0 Å². The summed E-state index contributed by atoms with van der Waals surface area (Å²) in [6.45, 7) is 0.976. The molecule has 1 unspecified atom stereocenters. The molecule has 1 aromatic carbocycles. The predicted molar refractivity (Wildman–Crippen MR) is 103 cm³/mol. The standard InChI is InChI=1S/C17H19N5O6S/c23-13-7-12(29-8-14(24)25)17(26)21(13)6-2-1-5-18-10-3-4-11(22(27)28)16-15(10)19-9-20-16/h3-4,12,18H,1-2,5-9H2,(H,24,25). The number of thioether (sulfide) groups is 1. The molecule has 29 heavy (non-hydrogen) atoms. The van der Waals surface area contributed by atoms with E-state index in [2.05, 4.69) is 15.3 Å². The first-order valence-electron chi connectivity index (χ1n) is 8.96. The Labute approximate surface area is 169 Å². The minimum Gasteiger partial charge on any atom is -0.481 e. The molecule has 1 saturated heterocycles. The minimum absolute atomic E-state index is 0.0367. The van der Waals surface area contributed by atoms with Crippen LogP contribution in [0.4, 0.5) is 11.4 Å². The van der Waals surface area contributed by atoms with Crippen LogP contribution >= 0.6 is 11.8 Å². The topological polar surface area (TPSA) is 155 Å². The van der Waals surface area contributed by atoms with Crippen LogP contribution in [0.25, 0.3) is 0 Å². The molecule has 2 heterocycles. The Morgan fingerprint density at radius 1 is 1.31 bits per heavy atom. The largest absolute Gasteiger partial charge is 0.481 e. The van der Waals surface area contributed by atoms with E-state index in [-0.39, 0.29) is 48.2 Å². The summed E-state index contributed by atoms with van der Waals surface area (Å²) in [7, 11) is 0. The van der Waals surface area contributed by atoms with Gasteiger partial charge in [0.15, 0.2) is 5.36 Å². The number of hydrogen-bond acceptors (Lipinski definition) is 9. The molecular weight excluding hydrogens is 402 g/mol. The lowest BCUT2D eigenvalue weighted by Crippen LogP contribution is -2.32. The summed E-state index contributed by atoms with van der Waals surface area (Å²) in [4.78, 5) is 54.8. The van der Waals surface area contributed by atoms with Crippen molar-refractivity contribution >= 4 is 40.9 Å². The van der Waals surface area contributed by atoms with Crippen molar-refractivity contribution in [2.45, 2.75) is 24.5 Å². The fourth-order valence-electron chi connectivity index (χ4n) is 3.16. The maximum absolute atomic E-state index is 12.2. The third kappa shape index (κ3) is 4.70. The van der Waals surface area contributed by atoms with Crippen molar-refractivity contribution in [3.63, 3.8) is 0 Å². The second kappa shape index (κ2) is 8.99. The number of likely N-dealkylation sites (tertiary alicyclic amines) is 1. The van der Waals surface area contributed by atoms with E-state index in [0.29, 0.717) is 30.4 Å². The number of unbranched alkanes of at least 4 members (excludes halogenated alkanes) is 1. The molecule has 2 N–H and O–H groups in total. The van der Waals surface area contributed by atoms with Gasteiger partial charge in [0, 0.05) is 25.6 Å². The molecule has 0 spiro atoms. The van der Waals surface area contributed by atoms with E-state index < -0.39 is 16.1 Å². The molecule has 2 aliphatic rings. The van der Waals surface area contributed by atoms with Gasteiger partial charge in [-0.05, 0) is 18.9 Å². The first-order valence-corrected chi connectivity index (χ1v) is 10.0. The maximum Gasteiger partial charge on any atom is 0.313 e. The van der Waals surface area contributed by atoms with Crippen molar-refractivity contribution in [3.05, 3.63) is 33.0 Å². The van der Waals surface area contributed by atoms with Gasteiger partial charge >= 0.3 is 5.97 Å². The van der Waals surface area contributed by atoms with Crippen LogP contribution in [0.3, 0.4) is 0 Å². The highest BCUT2D eigenvalue weighted by atomic mass is 32.2. The molecule has 3 rings (SSSR count). The molecule has 2 aliphatic heterocycles. The quantitative estimate of drug-likeness (QED) is 0.230. The summed E-state index contributed by atoms with van der Waals surface area (Å²) in [6, 6.07) is 2.99. The third-order valence-electron chi connectivity index (χ3n) is 4.52. The second-order valence-corrected chi connectivity index (χ2v) is 7.65. The molecule has 2 amide bonds. The molecule has 11 nitrogen and oxygen atoms in total. The molecule has 12 heteroatoms. The molecule has 0 saturated carbocycles. The van der Waals surface area contributed by atoms with E-state index in [1.54, 1.807) is 6.07 Å². The molecule has 1 aromatic rings. The van der Waals surface area contributed by atoms with Crippen LogP contribution in [0.1, 0.15) is 19.3 Å².